The van der Waals surface area contributed by atoms with Crippen LogP contribution in [-0.2, 0) is 14.2 Å². The predicted octanol–water partition coefficient (Wildman–Crippen LogP) is -0.638. The normalized spacial score (nSPS) is 30.8. The van der Waals surface area contributed by atoms with E-state index in [9.17, 15) is 14.7 Å². The summed E-state index contributed by atoms with van der Waals surface area (Å²) in [6.45, 7) is 4.32. The number of aliphatic hydroxyl groups excluding tert-OH is 1. The Balaban J connectivity index is 2.01. The van der Waals surface area contributed by atoms with Crippen molar-refractivity contribution in [3.8, 4) is 0 Å². The van der Waals surface area contributed by atoms with Gasteiger partial charge in [-0.15, -0.1) is 0 Å². The molecule has 3 atom stereocenters. The summed E-state index contributed by atoms with van der Waals surface area (Å²) in [4.78, 5) is 25.9. The maximum atomic E-state index is 12.1. The van der Waals surface area contributed by atoms with E-state index >= 15 is 0 Å². The van der Waals surface area contributed by atoms with Crippen molar-refractivity contribution in [1.82, 2.24) is 9.55 Å². The van der Waals surface area contributed by atoms with Crippen LogP contribution in [0, 0.1) is 18.8 Å². The molecule has 2 N–H and O–H groups in total. The van der Waals surface area contributed by atoms with Crippen molar-refractivity contribution in [3.05, 3.63) is 32.6 Å². The van der Waals surface area contributed by atoms with Crippen LogP contribution < -0.4 is 11.2 Å². The molecule has 1 spiro atoms. The fourth-order valence-electron chi connectivity index (χ4n) is 3.22. The lowest BCUT2D eigenvalue weighted by atomic mass is 9.82. The van der Waals surface area contributed by atoms with Crippen molar-refractivity contribution in [2.45, 2.75) is 25.7 Å². The van der Waals surface area contributed by atoms with Gasteiger partial charge in [0.2, 0.25) is 0 Å². The first-order chi connectivity index (χ1) is 10.5. The minimum Gasteiger partial charge on any atom is -0.396 e. The summed E-state index contributed by atoms with van der Waals surface area (Å²) in [6, 6.07) is 0. The lowest BCUT2D eigenvalue weighted by Crippen LogP contribution is -2.48. The minimum atomic E-state index is -0.695. The lowest BCUT2D eigenvalue weighted by molar-refractivity contribution is -0.230. The standard InChI is InChI=1S/C14H20N2O6/c1-8-3-16(13(19)15-11(8)18)12-10(4-17)9(2)14(22-12)5-20-7-21-6-14/h3,9-10,12,17H,4-7H2,1-2H3,(H,15,18,19)/t9-,10?,12-/m1/s1. The van der Waals surface area contributed by atoms with Crippen LogP contribution >= 0.6 is 0 Å². The van der Waals surface area contributed by atoms with Crippen LogP contribution in [0.15, 0.2) is 15.8 Å². The summed E-state index contributed by atoms with van der Waals surface area (Å²) in [5, 5.41) is 9.75. The highest BCUT2D eigenvalue weighted by atomic mass is 16.7. The summed E-state index contributed by atoms with van der Waals surface area (Å²) in [7, 11) is 0. The second kappa shape index (κ2) is 5.62. The van der Waals surface area contributed by atoms with Crippen molar-refractivity contribution in [1.29, 1.82) is 0 Å². The third-order valence-corrected chi connectivity index (χ3v) is 4.68. The van der Waals surface area contributed by atoms with Crippen LogP contribution in [0.25, 0.3) is 0 Å². The van der Waals surface area contributed by atoms with Gasteiger partial charge in [0.05, 0.1) is 19.8 Å². The van der Waals surface area contributed by atoms with Gasteiger partial charge in [0.1, 0.15) is 18.6 Å². The number of nitrogens with one attached hydrogen (secondary N) is 1. The first-order valence-corrected chi connectivity index (χ1v) is 7.25. The highest BCUT2D eigenvalue weighted by Gasteiger charge is 2.54. The number of hydrogen-bond acceptors (Lipinski definition) is 6. The maximum absolute atomic E-state index is 12.1. The zero-order valence-electron chi connectivity index (χ0n) is 12.6. The Hall–Kier alpha value is -1.48. The number of aryl methyl sites for hydroxylation is 1. The molecule has 3 rings (SSSR count). The van der Waals surface area contributed by atoms with E-state index in [1.165, 1.54) is 10.8 Å². The molecule has 0 aromatic carbocycles. The lowest BCUT2D eigenvalue weighted by Gasteiger charge is -2.36. The van der Waals surface area contributed by atoms with Gasteiger partial charge in [0.25, 0.3) is 5.56 Å². The molecule has 2 aliphatic heterocycles. The van der Waals surface area contributed by atoms with Crippen molar-refractivity contribution in [2.75, 3.05) is 26.6 Å². The van der Waals surface area contributed by atoms with Crippen molar-refractivity contribution >= 4 is 0 Å². The number of aromatic amines is 1. The Morgan fingerprint density at radius 2 is 2.09 bits per heavy atom. The SMILES string of the molecule is Cc1cn([C@@H]2OC3(COCOC3)[C@H](C)C2CO)c(=O)[nH]c1=O. The molecule has 1 aromatic heterocycles. The van der Waals surface area contributed by atoms with Gasteiger partial charge in [-0.2, -0.15) is 0 Å². The van der Waals surface area contributed by atoms with Crippen molar-refractivity contribution in [2.24, 2.45) is 11.8 Å². The molecule has 2 saturated heterocycles. The molecule has 8 heteroatoms. The van der Waals surface area contributed by atoms with Crippen LogP contribution in [0.3, 0.4) is 0 Å². The smallest absolute Gasteiger partial charge is 0.330 e. The topological polar surface area (TPSA) is 103 Å². The summed E-state index contributed by atoms with van der Waals surface area (Å²) in [5.41, 5.74) is -1.27. The fourth-order valence-corrected chi connectivity index (χ4v) is 3.22. The molecule has 122 valence electrons. The maximum Gasteiger partial charge on any atom is 0.330 e. The van der Waals surface area contributed by atoms with E-state index in [2.05, 4.69) is 4.98 Å². The minimum absolute atomic E-state index is 0.0677. The Morgan fingerprint density at radius 1 is 1.41 bits per heavy atom. The van der Waals surface area contributed by atoms with E-state index in [-0.39, 0.29) is 25.2 Å². The summed E-state index contributed by atoms with van der Waals surface area (Å²) in [6.07, 6.45) is 0.790. The van der Waals surface area contributed by atoms with E-state index in [4.69, 9.17) is 14.2 Å². The average Bonchev–Trinajstić information content (AvgIpc) is 2.76. The monoisotopic (exact) mass is 312 g/mol. The van der Waals surface area contributed by atoms with Gasteiger partial charge in [-0.05, 0) is 12.8 Å². The van der Waals surface area contributed by atoms with E-state index in [1.54, 1.807) is 6.92 Å². The first-order valence-electron chi connectivity index (χ1n) is 7.25. The van der Waals surface area contributed by atoms with Gasteiger partial charge in [-0.25, -0.2) is 4.79 Å². The third kappa shape index (κ3) is 2.32. The molecule has 1 aromatic rings. The van der Waals surface area contributed by atoms with E-state index in [0.717, 1.165) is 0 Å². The predicted molar refractivity (Wildman–Crippen MR) is 75.4 cm³/mol. The second-order valence-electron chi connectivity index (χ2n) is 6.00. The molecule has 2 aliphatic rings. The molecule has 0 amide bonds. The number of nitrogens with zero attached hydrogens (tertiary/aromatic N) is 1. The van der Waals surface area contributed by atoms with Gasteiger partial charge in [0, 0.05) is 17.7 Å². The zero-order valence-corrected chi connectivity index (χ0v) is 12.6. The van der Waals surface area contributed by atoms with Crippen LogP contribution in [0.4, 0.5) is 0 Å². The summed E-state index contributed by atoms with van der Waals surface area (Å²) in [5.74, 6) is -0.366. The molecule has 0 bridgehead atoms. The van der Waals surface area contributed by atoms with E-state index < -0.39 is 23.1 Å². The molecule has 0 aliphatic carbocycles. The van der Waals surface area contributed by atoms with Crippen LogP contribution in [0.5, 0.6) is 0 Å². The van der Waals surface area contributed by atoms with Crippen LogP contribution in [0.2, 0.25) is 0 Å². The molecule has 0 radical (unpaired) electrons. The summed E-state index contributed by atoms with van der Waals surface area (Å²) >= 11 is 0. The first kappa shape index (κ1) is 15.4. The number of aromatic nitrogens is 2. The second-order valence-corrected chi connectivity index (χ2v) is 6.00. The number of rotatable bonds is 2. The van der Waals surface area contributed by atoms with Crippen LogP contribution in [-0.4, -0.2) is 46.9 Å². The fraction of sp³-hybridized carbons (Fsp3) is 0.714. The van der Waals surface area contributed by atoms with Crippen LogP contribution in [0.1, 0.15) is 18.7 Å². The Labute approximate surface area is 126 Å². The van der Waals surface area contributed by atoms with Gasteiger partial charge in [0.15, 0.2) is 0 Å². The Morgan fingerprint density at radius 3 is 2.73 bits per heavy atom. The molecule has 8 nitrogen and oxygen atoms in total. The summed E-state index contributed by atoms with van der Waals surface area (Å²) < 4.78 is 18.1. The zero-order chi connectivity index (χ0) is 15.9. The molecule has 1 unspecified atom stereocenters. The highest BCUT2D eigenvalue weighted by molar-refractivity contribution is 5.05. The largest absolute Gasteiger partial charge is 0.396 e. The quantitative estimate of drug-likeness (QED) is 0.753. The average molecular weight is 312 g/mol. The molecule has 22 heavy (non-hydrogen) atoms. The number of aliphatic hydroxyl groups is 1. The molecule has 0 saturated carbocycles. The van der Waals surface area contributed by atoms with Gasteiger partial charge in [-0.3, -0.25) is 14.3 Å². The Kier molecular flexibility index (Phi) is 3.94. The van der Waals surface area contributed by atoms with Crippen molar-refractivity contribution in [3.63, 3.8) is 0 Å². The van der Waals surface area contributed by atoms with E-state index in [1.807, 2.05) is 6.92 Å². The number of H-pyrrole nitrogens is 1. The van der Waals surface area contributed by atoms with Gasteiger partial charge >= 0.3 is 5.69 Å². The van der Waals surface area contributed by atoms with E-state index in [0.29, 0.717) is 18.8 Å². The van der Waals surface area contributed by atoms with Gasteiger partial charge in [-0.1, -0.05) is 6.92 Å². The molecular weight excluding hydrogens is 292 g/mol. The van der Waals surface area contributed by atoms with Crippen molar-refractivity contribution < 1.29 is 19.3 Å². The highest BCUT2D eigenvalue weighted by Crippen LogP contribution is 2.46. The third-order valence-electron chi connectivity index (χ3n) is 4.68. The molecule has 2 fully saturated rings. The molecule has 3 heterocycles. The Bertz CT molecular complexity index is 660. The number of hydrogen-bond donors (Lipinski definition) is 2. The van der Waals surface area contributed by atoms with Gasteiger partial charge < -0.3 is 19.3 Å². The molecular formula is C14H20N2O6. The number of ether oxygens (including phenoxy) is 3.